The first-order valence-electron chi connectivity index (χ1n) is 19.6. The summed E-state index contributed by atoms with van der Waals surface area (Å²) in [6.45, 7) is 8.90. The second kappa shape index (κ2) is 14.7. The number of sulfonamides is 1. The minimum Gasteiger partial charge on any atom is -0.490 e. The van der Waals surface area contributed by atoms with Crippen LogP contribution in [0.5, 0.6) is 5.75 Å². The van der Waals surface area contributed by atoms with E-state index < -0.39 is 26.8 Å². The fourth-order valence-corrected chi connectivity index (χ4v) is 11.5. The van der Waals surface area contributed by atoms with Crippen molar-refractivity contribution < 1.29 is 32.2 Å². The van der Waals surface area contributed by atoms with Gasteiger partial charge in [0.15, 0.2) is 0 Å². The van der Waals surface area contributed by atoms with Crippen LogP contribution in [0.3, 0.4) is 0 Å². The Kier molecular flexibility index (Phi) is 10.3. The molecule has 0 aromatic heterocycles. The number of hydrogen-bond acceptors (Lipinski definition) is 9. The molecule has 2 saturated heterocycles. The van der Waals surface area contributed by atoms with Crippen LogP contribution < -0.4 is 14.4 Å². The van der Waals surface area contributed by atoms with Crippen LogP contribution in [0.4, 0.5) is 5.69 Å². The Balaban J connectivity index is 1.18. The van der Waals surface area contributed by atoms with Gasteiger partial charge in [-0.2, -0.15) is 0 Å². The Morgan fingerprint density at radius 1 is 1.07 bits per heavy atom. The van der Waals surface area contributed by atoms with E-state index in [1.54, 1.807) is 20.1 Å². The maximum absolute atomic E-state index is 13.7. The van der Waals surface area contributed by atoms with Crippen molar-refractivity contribution in [2.45, 2.75) is 74.7 Å². The lowest BCUT2D eigenvalue weighted by Crippen LogP contribution is -2.63. The number of aryl methyl sites for hydroxylation is 1. The van der Waals surface area contributed by atoms with Crippen LogP contribution in [0.2, 0.25) is 5.02 Å². The summed E-state index contributed by atoms with van der Waals surface area (Å²) >= 11 is 6.50. The number of morpholine rings is 1. The fraction of sp³-hybridized carbons (Fsp3) is 0.610. The maximum Gasteiger partial charge on any atom is 0.264 e. The molecule has 2 amide bonds. The van der Waals surface area contributed by atoms with Crippen molar-refractivity contribution >= 4 is 39.1 Å². The zero-order valence-corrected chi connectivity index (χ0v) is 33.2. The summed E-state index contributed by atoms with van der Waals surface area (Å²) in [7, 11) is -2.19. The molecule has 292 valence electrons. The van der Waals surface area contributed by atoms with E-state index >= 15 is 0 Å². The SMILES string of the molecule is CO[C@]1(CN2CCN3C(=O)COC[C@@H]3C2)/C=C/C[C@H](C)[C@@H](C)S(=O)(=O)NC(=O)c2ccc3c(c2)N(C[C@@H]2CC[C@H]21)C[C@@]1(CCCc2cc(Cl)ccc21)CO3. The molecule has 4 aliphatic heterocycles. The van der Waals surface area contributed by atoms with Crippen molar-refractivity contribution in [1.29, 1.82) is 0 Å². The average Bonchev–Trinajstić information content (AvgIpc) is 3.29. The maximum atomic E-state index is 13.7. The van der Waals surface area contributed by atoms with Crippen molar-refractivity contribution in [3.8, 4) is 5.75 Å². The van der Waals surface area contributed by atoms with E-state index in [4.69, 9.17) is 25.8 Å². The molecule has 2 aromatic carbocycles. The number of allylic oxidation sites excluding steroid dienone is 1. The summed E-state index contributed by atoms with van der Waals surface area (Å²) in [5.74, 6) is 0.288. The van der Waals surface area contributed by atoms with Gasteiger partial charge in [0.25, 0.3) is 5.91 Å². The molecule has 0 radical (unpaired) electrons. The van der Waals surface area contributed by atoms with Gasteiger partial charge in [-0.05, 0) is 105 Å². The predicted octanol–water partition coefficient (Wildman–Crippen LogP) is 4.81. The van der Waals surface area contributed by atoms with Crippen LogP contribution in [-0.4, -0.2) is 113 Å². The first-order valence-corrected chi connectivity index (χ1v) is 21.5. The molecule has 54 heavy (non-hydrogen) atoms. The summed E-state index contributed by atoms with van der Waals surface area (Å²) in [6.07, 6.45) is 9.73. The number of hydrogen-bond donors (Lipinski definition) is 1. The van der Waals surface area contributed by atoms with E-state index in [-0.39, 0.29) is 47.3 Å². The average molecular weight is 781 g/mol. The number of carbonyl (C=O) groups is 2. The van der Waals surface area contributed by atoms with Crippen LogP contribution in [0.25, 0.3) is 0 Å². The van der Waals surface area contributed by atoms with Gasteiger partial charge in [-0.25, -0.2) is 13.1 Å². The highest BCUT2D eigenvalue weighted by Gasteiger charge is 2.50. The van der Waals surface area contributed by atoms with Gasteiger partial charge in [0.05, 0.1) is 30.2 Å². The van der Waals surface area contributed by atoms with Crippen LogP contribution in [0, 0.1) is 17.8 Å². The molecule has 7 atom stereocenters. The van der Waals surface area contributed by atoms with E-state index in [0.29, 0.717) is 51.6 Å². The lowest BCUT2D eigenvalue weighted by Gasteiger charge is -2.53. The van der Waals surface area contributed by atoms with E-state index in [1.165, 1.54) is 11.1 Å². The number of nitrogens with one attached hydrogen (secondary N) is 1. The highest BCUT2D eigenvalue weighted by atomic mass is 35.5. The van der Waals surface area contributed by atoms with Crippen LogP contribution in [0.15, 0.2) is 48.6 Å². The summed E-state index contributed by atoms with van der Waals surface area (Å²) in [4.78, 5) is 33.1. The van der Waals surface area contributed by atoms with Crippen molar-refractivity contribution in [2.24, 2.45) is 17.8 Å². The van der Waals surface area contributed by atoms with Crippen molar-refractivity contribution in [2.75, 3.05) is 71.1 Å². The van der Waals surface area contributed by atoms with Crippen LogP contribution in [0.1, 0.15) is 67.4 Å². The van der Waals surface area contributed by atoms with Crippen LogP contribution in [-0.2, 0) is 36.1 Å². The highest BCUT2D eigenvalue weighted by Crippen LogP contribution is 2.49. The van der Waals surface area contributed by atoms with Crippen molar-refractivity contribution in [1.82, 2.24) is 14.5 Å². The second-order valence-electron chi connectivity index (χ2n) is 16.7. The summed E-state index contributed by atoms with van der Waals surface area (Å²) in [5, 5.41) is -0.0852. The standard InChI is InChI=1S/C41H53ClN4O7S/c1-27-6-4-15-41(51-3,25-44-16-17-46-33(21-44)22-52-23-38(46)47)35-11-8-31(35)20-45-24-40(14-5-7-29-18-32(42)10-12-34(29)40)26-53-37-13-9-30(19-36(37)45)39(48)43-54(49,50)28(27)2/h4,9-10,12-13,15,18-19,27-28,31,33,35H,5-8,11,14,16-17,20-26H2,1-3H3,(H,43,48)/b15-4+/t27-,28+,31-,33-,35+,40-,41-/m0/s1. The highest BCUT2D eigenvalue weighted by molar-refractivity contribution is 7.90. The molecule has 6 aliphatic rings. The number of halogens is 1. The summed E-state index contributed by atoms with van der Waals surface area (Å²) < 4.78 is 48.6. The number of carbonyl (C=O) groups excluding carboxylic acids is 2. The van der Waals surface area contributed by atoms with E-state index in [0.717, 1.165) is 55.9 Å². The molecule has 8 rings (SSSR count). The third-order valence-electron chi connectivity index (χ3n) is 13.5. The molecule has 2 aromatic rings. The lowest BCUT2D eigenvalue weighted by molar-refractivity contribution is -0.155. The number of fused-ring (bicyclic) bond motifs is 5. The molecule has 1 saturated carbocycles. The summed E-state index contributed by atoms with van der Waals surface area (Å²) in [6, 6.07) is 11.5. The molecule has 0 unspecified atom stereocenters. The van der Waals surface area contributed by atoms with E-state index in [2.05, 4.69) is 38.8 Å². The molecular weight excluding hydrogens is 728 g/mol. The monoisotopic (exact) mass is 780 g/mol. The van der Waals surface area contributed by atoms with Gasteiger partial charge in [0.1, 0.15) is 18.0 Å². The van der Waals surface area contributed by atoms with Gasteiger partial charge >= 0.3 is 0 Å². The van der Waals surface area contributed by atoms with Crippen molar-refractivity contribution in [3.05, 3.63) is 70.3 Å². The minimum atomic E-state index is -3.99. The van der Waals surface area contributed by atoms with Gasteiger partial charge < -0.3 is 24.0 Å². The quantitative estimate of drug-likeness (QED) is 0.438. The zero-order valence-electron chi connectivity index (χ0n) is 31.6. The first kappa shape index (κ1) is 37.7. The topological polar surface area (TPSA) is 118 Å². The number of amides is 2. The number of methoxy groups -OCH3 is 1. The smallest absolute Gasteiger partial charge is 0.264 e. The van der Waals surface area contributed by atoms with E-state index in [1.807, 2.05) is 30.0 Å². The van der Waals surface area contributed by atoms with Crippen LogP contribution >= 0.6 is 11.6 Å². The Hall–Kier alpha value is -3.16. The molecule has 4 heterocycles. The fourth-order valence-electron chi connectivity index (χ4n) is 10.1. The second-order valence-corrected chi connectivity index (χ2v) is 19.2. The first-order chi connectivity index (χ1) is 25.9. The third kappa shape index (κ3) is 6.95. The number of ether oxygens (including phenoxy) is 3. The molecule has 2 bridgehead atoms. The largest absolute Gasteiger partial charge is 0.490 e. The van der Waals surface area contributed by atoms with Crippen molar-refractivity contribution in [3.63, 3.8) is 0 Å². The number of nitrogens with zero attached hydrogens (tertiary/aromatic N) is 3. The molecule has 1 spiro atoms. The molecule has 2 aliphatic carbocycles. The van der Waals surface area contributed by atoms with Gasteiger partial charge in [-0.3, -0.25) is 14.5 Å². The Morgan fingerprint density at radius 2 is 1.93 bits per heavy atom. The normalized spacial score (nSPS) is 34.7. The minimum absolute atomic E-state index is 0.00907. The lowest BCUT2D eigenvalue weighted by atomic mass is 9.63. The van der Waals surface area contributed by atoms with Gasteiger partial charge in [0, 0.05) is 62.4 Å². The number of benzene rings is 2. The Bertz CT molecular complexity index is 1930. The van der Waals surface area contributed by atoms with Gasteiger partial charge in [0.2, 0.25) is 15.9 Å². The molecule has 13 heteroatoms. The number of anilines is 1. The molecular formula is C41H53ClN4O7S. The Morgan fingerprint density at radius 3 is 2.72 bits per heavy atom. The number of piperazine rings is 1. The van der Waals surface area contributed by atoms with E-state index in [9.17, 15) is 18.0 Å². The van der Waals surface area contributed by atoms with Gasteiger partial charge in [-0.15, -0.1) is 0 Å². The molecule has 3 fully saturated rings. The third-order valence-corrected chi connectivity index (χ3v) is 15.7. The summed E-state index contributed by atoms with van der Waals surface area (Å²) in [5.41, 5.74) is 2.65. The molecule has 1 N–H and O–H groups in total. The zero-order chi connectivity index (χ0) is 37.8. The molecule has 11 nitrogen and oxygen atoms in total. The van der Waals surface area contributed by atoms with Gasteiger partial charge in [-0.1, -0.05) is 36.7 Å². The Labute approximate surface area is 324 Å². The number of rotatable bonds is 3. The predicted molar refractivity (Wildman–Crippen MR) is 208 cm³/mol.